The Balaban J connectivity index is 1.99. The number of aliphatic hydroxyl groups is 1. The standard InChI is InChI=1S/C26H30N4O6S/c1-27(2)14-9-15-30-24(33)23(32)21(26(30)19-12-6-7-13-20(19)29(5)25(26)34)22(31)17-10-8-11-18(16-17)37(35,36)28(3)4/h6-8,10-13,16,31H,9,14-15H2,1-5H3/t26-/m1/s1. The van der Waals surface area contributed by atoms with Crippen LogP contribution in [0.4, 0.5) is 5.69 Å². The van der Waals surface area contributed by atoms with Crippen molar-refractivity contribution in [3.63, 3.8) is 0 Å². The van der Waals surface area contributed by atoms with Crippen molar-refractivity contribution in [2.24, 2.45) is 0 Å². The minimum Gasteiger partial charge on any atom is -0.507 e. The van der Waals surface area contributed by atoms with E-state index < -0.39 is 38.9 Å². The van der Waals surface area contributed by atoms with E-state index >= 15 is 0 Å². The topological polar surface area (TPSA) is 119 Å². The van der Waals surface area contributed by atoms with Crippen LogP contribution in [0.25, 0.3) is 5.76 Å². The number of ketones is 1. The molecule has 1 spiro atoms. The summed E-state index contributed by atoms with van der Waals surface area (Å²) in [6.07, 6.45) is 0.484. The fourth-order valence-electron chi connectivity index (χ4n) is 4.98. The molecule has 10 nitrogen and oxygen atoms in total. The summed E-state index contributed by atoms with van der Waals surface area (Å²) in [6.45, 7) is 0.706. The van der Waals surface area contributed by atoms with Gasteiger partial charge in [0.2, 0.25) is 10.0 Å². The molecule has 2 aliphatic rings. The predicted octanol–water partition coefficient (Wildman–Crippen LogP) is 1.44. The van der Waals surface area contributed by atoms with Crippen LogP contribution in [0.15, 0.2) is 59.0 Å². The largest absolute Gasteiger partial charge is 0.507 e. The Labute approximate surface area is 216 Å². The fraction of sp³-hybridized carbons (Fsp3) is 0.346. The second-order valence-corrected chi connectivity index (χ2v) is 11.7. The molecule has 1 atom stereocenters. The minimum atomic E-state index is -3.85. The summed E-state index contributed by atoms with van der Waals surface area (Å²) in [7, 11) is 4.22. The van der Waals surface area contributed by atoms with Crippen molar-refractivity contribution in [2.75, 3.05) is 53.2 Å². The van der Waals surface area contributed by atoms with E-state index in [1.165, 1.54) is 48.2 Å². The normalized spacial score (nSPS) is 21.1. The Morgan fingerprint density at radius 1 is 1.00 bits per heavy atom. The number of para-hydroxylation sites is 1. The summed E-state index contributed by atoms with van der Waals surface area (Å²) in [5, 5.41) is 11.5. The molecule has 2 heterocycles. The Hall–Kier alpha value is -3.54. The Bertz CT molecular complexity index is 1430. The smallest absolute Gasteiger partial charge is 0.296 e. The summed E-state index contributed by atoms with van der Waals surface area (Å²) >= 11 is 0. The van der Waals surface area contributed by atoms with Gasteiger partial charge in [0.15, 0.2) is 5.54 Å². The Morgan fingerprint density at radius 2 is 1.68 bits per heavy atom. The van der Waals surface area contributed by atoms with Gasteiger partial charge in [-0.1, -0.05) is 30.3 Å². The molecule has 2 aromatic rings. The summed E-state index contributed by atoms with van der Waals surface area (Å²) in [5.74, 6) is -3.04. The molecule has 0 aliphatic carbocycles. The number of anilines is 1. The molecular formula is C26H30N4O6S. The first-order valence-electron chi connectivity index (χ1n) is 11.7. The first-order valence-corrected chi connectivity index (χ1v) is 13.2. The summed E-state index contributed by atoms with van der Waals surface area (Å²) < 4.78 is 26.5. The summed E-state index contributed by atoms with van der Waals surface area (Å²) in [4.78, 5) is 45.3. The first-order chi connectivity index (χ1) is 17.4. The number of amides is 2. The van der Waals surface area contributed by atoms with Gasteiger partial charge in [-0.2, -0.15) is 0 Å². The van der Waals surface area contributed by atoms with Gasteiger partial charge >= 0.3 is 0 Å². The molecule has 0 aromatic heterocycles. The van der Waals surface area contributed by atoms with E-state index in [-0.39, 0.29) is 22.6 Å². The molecule has 11 heteroatoms. The number of fused-ring (bicyclic) bond motifs is 2. The van der Waals surface area contributed by atoms with Crippen molar-refractivity contribution < 1.29 is 27.9 Å². The van der Waals surface area contributed by atoms with Gasteiger partial charge in [-0.25, -0.2) is 12.7 Å². The monoisotopic (exact) mass is 526 g/mol. The number of likely N-dealkylation sites (tertiary alicyclic amines) is 1. The predicted molar refractivity (Wildman–Crippen MR) is 138 cm³/mol. The molecular weight excluding hydrogens is 496 g/mol. The number of nitrogens with zero attached hydrogens (tertiary/aromatic N) is 4. The second-order valence-electron chi connectivity index (χ2n) is 9.57. The molecule has 37 heavy (non-hydrogen) atoms. The van der Waals surface area contributed by atoms with Gasteiger partial charge in [0.05, 0.1) is 10.5 Å². The molecule has 0 bridgehead atoms. The molecule has 4 rings (SSSR count). The van der Waals surface area contributed by atoms with Gasteiger partial charge in [0.1, 0.15) is 5.76 Å². The first kappa shape index (κ1) is 26.5. The lowest BCUT2D eigenvalue weighted by molar-refractivity contribution is -0.143. The molecule has 1 fully saturated rings. The highest BCUT2D eigenvalue weighted by molar-refractivity contribution is 7.89. The zero-order valence-electron chi connectivity index (χ0n) is 21.4. The number of carbonyl (C=O) groups is 3. The fourth-order valence-corrected chi connectivity index (χ4v) is 5.92. The maximum Gasteiger partial charge on any atom is 0.296 e. The molecule has 2 aliphatic heterocycles. The van der Waals surface area contributed by atoms with Gasteiger partial charge in [-0.05, 0) is 45.3 Å². The third-order valence-corrected chi connectivity index (χ3v) is 8.62. The van der Waals surface area contributed by atoms with E-state index in [9.17, 15) is 27.9 Å². The number of aliphatic hydroxyl groups excluding tert-OH is 1. The van der Waals surface area contributed by atoms with Gasteiger partial charge in [0.25, 0.3) is 17.6 Å². The molecule has 0 saturated carbocycles. The van der Waals surface area contributed by atoms with Crippen LogP contribution >= 0.6 is 0 Å². The molecule has 0 radical (unpaired) electrons. The van der Waals surface area contributed by atoms with Gasteiger partial charge in [0, 0.05) is 44.5 Å². The third kappa shape index (κ3) is 3.94. The maximum absolute atomic E-state index is 14.0. The number of hydrogen-bond acceptors (Lipinski definition) is 7. The lowest BCUT2D eigenvalue weighted by Gasteiger charge is -2.34. The maximum atomic E-state index is 14.0. The number of likely N-dealkylation sites (N-methyl/N-ethyl adjacent to an activating group) is 1. The molecule has 2 aromatic carbocycles. The zero-order chi connectivity index (χ0) is 27.3. The van der Waals surface area contributed by atoms with E-state index in [0.717, 1.165) is 4.31 Å². The van der Waals surface area contributed by atoms with Gasteiger partial charge < -0.3 is 19.8 Å². The second kappa shape index (κ2) is 9.40. The lowest BCUT2D eigenvalue weighted by atomic mass is 9.82. The van der Waals surface area contributed by atoms with Crippen LogP contribution in [-0.4, -0.2) is 93.6 Å². The molecule has 1 saturated heterocycles. The average molecular weight is 527 g/mol. The van der Waals surface area contributed by atoms with E-state index in [1.54, 1.807) is 31.3 Å². The van der Waals surface area contributed by atoms with E-state index in [2.05, 4.69) is 0 Å². The number of sulfonamides is 1. The highest BCUT2D eigenvalue weighted by atomic mass is 32.2. The quantitative estimate of drug-likeness (QED) is 0.330. The van der Waals surface area contributed by atoms with Crippen LogP contribution in [0.3, 0.4) is 0 Å². The van der Waals surface area contributed by atoms with Crippen LogP contribution < -0.4 is 4.90 Å². The lowest BCUT2D eigenvalue weighted by Crippen LogP contribution is -2.51. The van der Waals surface area contributed by atoms with Crippen LogP contribution in [0.5, 0.6) is 0 Å². The Morgan fingerprint density at radius 3 is 2.32 bits per heavy atom. The highest BCUT2D eigenvalue weighted by Gasteiger charge is 2.66. The zero-order valence-corrected chi connectivity index (χ0v) is 22.2. The van der Waals surface area contributed by atoms with Crippen LogP contribution in [-0.2, 0) is 29.9 Å². The average Bonchev–Trinajstić information content (AvgIpc) is 3.22. The van der Waals surface area contributed by atoms with E-state index in [4.69, 9.17) is 0 Å². The number of benzene rings is 2. The minimum absolute atomic E-state index is 0.00780. The van der Waals surface area contributed by atoms with Crippen molar-refractivity contribution in [3.8, 4) is 0 Å². The van der Waals surface area contributed by atoms with E-state index in [1.807, 2.05) is 19.0 Å². The van der Waals surface area contributed by atoms with E-state index in [0.29, 0.717) is 24.2 Å². The molecule has 0 unspecified atom stereocenters. The van der Waals surface area contributed by atoms with Crippen molar-refractivity contribution in [3.05, 3.63) is 65.2 Å². The number of rotatable bonds is 7. The van der Waals surface area contributed by atoms with Crippen molar-refractivity contribution in [2.45, 2.75) is 16.9 Å². The summed E-state index contributed by atoms with van der Waals surface area (Å²) in [6, 6.07) is 12.3. The number of carbonyl (C=O) groups excluding carboxylic acids is 3. The van der Waals surface area contributed by atoms with Crippen molar-refractivity contribution in [1.29, 1.82) is 0 Å². The molecule has 1 N–H and O–H groups in total. The summed E-state index contributed by atoms with van der Waals surface area (Å²) in [5.41, 5.74) is -1.31. The SMILES string of the molecule is CN(C)CCCN1C(=O)C(=O)C(=C(O)c2cccc(S(=O)(=O)N(C)C)c2)[C@]12C(=O)N(C)c1ccccc12. The van der Waals surface area contributed by atoms with Gasteiger partial charge in [-0.3, -0.25) is 14.4 Å². The molecule has 196 valence electrons. The third-order valence-electron chi connectivity index (χ3n) is 6.81. The molecule has 2 amide bonds. The number of hydrogen-bond donors (Lipinski definition) is 1. The van der Waals surface area contributed by atoms with Gasteiger partial charge in [-0.15, -0.1) is 0 Å². The Kier molecular flexibility index (Phi) is 6.74. The van der Waals surface area contributed by atoms with Crippen LogP contribution in [0, 0.1) is 0 Å². The van der Waals surface area contributed by atoms with Crippen LogP contribution in [0.1, 0.15) is 17.5 Å². The van der Waals surface area contributed by atoms with Crippen molar-refractivity contribution in [1.82, 2.24) is 14.1 Å². The number of Topliss-reactive ketones (excluding diaryl/α,β-unsaturated/α-hetero) is 1. The highest BCUT2D eigenvalue weighted by Crippen LogP contribution is 2.53. The van der Waals surface area contributed by atoms with Crippen molar-refractivity contribution >= 4 is 39.1 Å². The van der Waals surface area contributed by atoms with Crippen LogP contribution in [0.2, 0.25) is 0 Å².